The Kier molecular flexibility index (Phi) is 1.91. The highest BCUT2D eigenvalue weighted by atomic mass is 19.3. The fourth-order valence-corrected chi connectivity index (χ4v) is 2.68. The number of amides is 1. The summed E-state index contributed by atoms with van der Waals surface area (Å²) >= 11 is 0. The van der Waals surface area contributed by atoms with Gasteiger partial charge < -0.3 is 5.32 Å². The first-order chi connectivity index (χ1) is 6.45. The van der Waals surface area contributed by atoms with Crippen LogP contribution in [0.5, 0.6) is 0 Å². The quantitative estimate of drug-likeness (QED) is 0.679. The van der Waals surface area contributed by atoms with Crippen LogP contribution in [0, 0.1) is 5.41 Å². The van der Waals surface area contributed by atoms with Gasteiger partial charge in [-0.05, 0) is 24.3 Å². The molecule has 0 saturated heterocycles. The van der Waals surface area contributed by atoms with Crippen LogP contribution in [0.2, 0.25) is 0 Å². The van der Waals surface area contributed by atoms with E-state index in [9.17, 15) is 13.6 Å². The summed E-state index contributed by atoms with van der Waals surface area (Å²) in [5.41, 5.74) is -0.164. The molecular weight excluding hydrogens is 188 g/mol. The number of halogens is 2. The van der Waals surface area contributed by atoms with Crippen molar-refractivity contribution in [1.82, 2.24) is 5.32 Å². The van der Waals surface area contributed by atoms with Gasteiger partial charge in [-0.25, -0.2) is 8.78 Å². The van der Waals surface area contributed by atoms with Gasteiger partial charge in [0.15, 0.2) is 0 Å². The summed E-state index contributed by atoms with van der Waals surface area (Å²) < 4.78 is 25.2. The van der Waals surface area contributed by atoms with Crippen LogP contribution >= 0.6 is 0 Å². The highest BCUT2D eigenvalue weighted by Gasteiger charge is 2.61. The highest BCUT2D eigenvalue weighted by molar-refractivity contribution is 5.87. The van der Waals surface area contributed by atoms with E-state index in [-0.39, 0.29) is 30.2 Å². The molecule has 2 aliphatic carbocycles. The molecule has 0 unspecified atom stereocenters. The molecule has 0 atom stereocenters. The molecule has 0 aromatic carbocycles. The molecule has 1 N–H and O–H groups in total. The standard InChI is InChI=1S/C10H13F2NO/c1-2-8(14)13-7-3-9(4-7)5-10(11,12)6-9/h2,7H,1,3-6H2,(H,13,14). The number of rotatable bonds is 2. The lowest BCUT2D eigenvalue weighted by Crippen LogP contribution is -2.59. The van der Waals surface area contributed by atoms with Crippen LogP contribution in [-0.4, -0.2) is 17.9 Å². The third-order valence-corrected chi connectivity index (χ3v) is 3.16. The lowest BCUT2D eigenvalue weighted by Gasteiger charge is -2.57. The Balaban J connectivity index is 1.76. The zero-order valence-corrected chi connectivity index (χ0v) is 7.85. The second-order valence-electron chi connectivity index (χ2n) is 4.53. The topological polar surface area (TPSA) is 29.1 Å². The molecule has 0 aliphatic heterocycles. The molecule has 14 heavy (non-hydrogen) atoms. The summed E-state index contributed by atoms with van der Waals surface area (Å²) in [4.78, 5) is 10.9. The van der Waals surface area contributed by atoms with Gasteiger partial charge in [-0.3, -0.25) is 4.79 Å². The number of hydrogen-bond acceptors (Lipinski definition) is 1. The summed E-state index contributed by atoms with van der Waals surface area (Å²) in [6.45, 7) is 3.33. The maximum atomic E-state index is 12.6. The third kappa shape index (κ3) is 1.53. The first-order valence-electron chi connectivity index (χ1n) is 4.76. The van der Waals surface area contributed by atoms with Crippen molar-refractivity contribution < 1.29 is 13.6 Å². The molecule has 0 aromatic rings. The minimum Gasteiger partial charge on any atom is -0.350 e. The van der Waals surface area contributed by atoms with Crippen LogP contribution < -0.4 is 5.32 Å². The number of nitrogens with one attached hydrogen (secondary N) is 1. The van der Waals surface area contributed by atoms with Crippen molar-refractivity contribution >= 4 is 5.91 Å². The number of alkyl halides is 2. The number of carbonyl (C=O) groups is 1. The average molecular weight is 201 g/mol. The van der Waals surface area contributed by atoms with E-state index in [2.05, 4.69) is 11.9 Å². The van der Waals surface area contributed by atoms with Gasteiger partial charge in [0, 0.05) is 18.9 Å². The molecule has 0 bridgehead atoms. The van der Waals surface area contributed by atoms with Gasteiger partial charge in [-0.1, -0.05) is 6.58 Å². The van der Waals surface area contributed by atoms with Crippen LogP contribution in [0.15, 0.2) is 12.7 Å². The number of carbonyl (C=O) groups excluding carboxylic acids is 1. The molecule has 78 valence electrons. The van der Waals surface area contributed by atoms with E-state index in [1.165, 1.54) is 6.08 Å². The average Bonchev–Trinajstić information content (AvgIpc) is 1.97. The van der Waals surface area contributed by atoms with Gasteiger partial charge >= 0.3 is 0 Å². The lowest BCUT2D eigenvalue weighted by atomic mass is 9.52. The molecule has 2 fully saturated rings. The van der Waals surface area contributed by atoms with Crippen LogP contribution in [0.3, 0.4) is 0 Å². The molecule has 2 aliphatic rings. The lowest BCUT2D eigenvalue weighted by molar-refractivity contribution is -0.198. The first-order valence-corrected chi connectivity index (χ1v) is 4.76. The Morgan fingerprint density at radius 3 is 2.43 bits per heavy atom. The van der Waals surface area contributed by atoms with Crippen molar-refractivity contribution in [2.75, 3.05) is 0 Å². The molecule has 0 heterocycles. The Labute approximate surface area is 81.4 Å². The van der Waals surface area contributed by atoms with Crippen LogP contribution in [-0.2, 0) is 4.79 Å². The van der Waals surface area contributed by atoms with Crippen LogP contribution in [0.4, 0.5) is 8.78 Å². The third-order valence-electron chi connectivity index (χ3n) is 3.16. The SMILES string of the molecule is C=CC(=O)NC1CC2(C1)CC(F)(F)C2. The number of hydrogen-bond donors (Lipinski definition) is 1. The molecule has 1 amide bonds. The maximum Gasteiger partial charge on any atom is 0.249 e. The summed E-state index contributed by atoms with van der Waals surface area (Å²) in [5.74, 6) is -2.66. The van der Waals surface area contributed by atoms with E-state index in [0.29, 0.717) is 12.8 Å². The Hall–Kier alpha value is -0.930. The summed E-state index contributed by atoms with van der Waals surface area (Å²) in [6.07, 6.45) is 2.60. The fourth-order valence-electron chi connectivity index (χ4n) is 2.68. The molecule has 2 saturated carbocycles. The van der Waals surface area contributed by atoms with Gasteiger partial charge in [0.05, 0.1) is 0 Å². The monoisotopic (exact) mass is 201 g/mol. The molecular formula is C10H13F2NO. The van der Waals surface area contributed by atoms with Crippen molar-refractivity contribution in [2.45, 2.75) is 37.6 Å². The van der Waals surface area contributed by atoms with Gasteiger partial charge in [-0.15, -0.1) is 0 Å². The van der Waals surface area contributed by atoms with Crippen LogP contribution in [0.1, 0.15) is 25.7 Å². The zero-order valence-electron chi connectivity index (χ0n) is 7.85. The largest absolute Gasteiger partial charge is 0.350 e. The summed E-state index contributed by atoms with van der Waals surface area (Å²) in [6, 6.07) is 0.0802. The maximum absolute atomic E-state index is 12.6. The smallest absolute Gasteiger partial charge is 0.249 e. The summed E-state index contributed by atoms with van der Waals surface area (Å²) in [7, 11) is 0. The van der Waals surface area contributed by atoms with E-state index >= 15 is 0 Å². The molecule has 0 aromatic heterocycles. The summed E-state index contributed by atoms with van der Waals surface area (Å²) in [5, 5.41) is 2.71. The Morgan fingerprint density at radius 1 is 1.43 bits per heavy atom. The van der Waals surface area contributed by atoms with Crippen molar-refractivity contribution in [3.8, 4) is 0 Å². The van der Waals surface area contributed by atoms with Gasteiger partial charge in [0.2, 0.25) is 11.8 Å². The van der Waals surface area contributed by atoms with Crippen molar-refractivity contribution in [2.24, 2.45) is 5.41 Å². The Bertz CT molecular complexity index is 272. The zero-order chi connectivity index (χ0) is 10.4. The second kappa shape index (κ2) is 2.78. The van der Waals surface area contributed by atoms with Crippen molar-refractivity contribution in [3.63, 3.8) is 0 Å². The van der Waals surface area contributed by atoms with Crippen molar-refractivity contribution in [1.29, 1.82) is 0 Å². The van der Waals surface area contributed by atoms with E-state index < -0.39 is 5.92 Å². The van der Waals surface area contributed by atoms with E-state index in [1.54, 1.807) is 0 Å². The van der Waals surface area contributed by atoms with Gasteiger partial charge in [-0.2, -0.15) is 0 Å². The van der Waals surface area contributed by atoms with E-state index in [0.717, 1.165) is 0 Å². The van der Waals surface area contributed by atoms with Crippen LogP contribution in [0.25, 0.3) is 0 Å². The minimum absolute atomic E-state index is 0.000456. The molecule has 1 spiro atoms. The Morgan fingerprint density at radius 2 is 2.00 bits per heavy atom. The predicted molar refractivity (Wildman–Crippen MR) is 48.0 cm³/mol. The second-order valence-corrected chi connectivity index (χ2v) is 4.53. The van der Waals surface area contributed by atoms with Gasteiger partial charge in [0.1, 0.15) is 0 Å². The van der Waals surface area contributed by atoms with E-state index in [1.807, 2.05) is 0 Å². The predicted octanol–water partition coefficient (Wildman–Crippen LogP) is 1.87. The van der Waals surface area contributed by atoms with E-state index in [4.69, 9.17) is 0 Å². The first kappa shape index (κ1) is 9.62. The molecule has 0 radical (unpaired) electrons. The highest BCUT2D eigenvalue weighted by Crippen LogP contribution is 2.62. The van der Waals surface area contributed by atoms with Crippen molar-refractivity contribution in [3.05, 3.63) is 12.7 Å². The molecule has 2 rings (SSSR count). The van der Waals surface area contributed by atoms with Gasteiger partial charge in [0.25, 0.3) is 0 Å². The molecule has 4 heteroatoms. The molecule has 2 nitrogen and oxygen atoms in total. The normalized spacial score (nSPS) is 27.6. The fraction of sp³-hybridized carbons (Fsp3) is 0.700. The minimum atomic E-state index is -2.45.